The highest BCUT2D eigenvalue weighted by molar-refractivity contribution is 7.99. The molecule has 1 atom stereocenters. The molecule has 0 bridgehead atoms. The number of nitrogens with zero attached hydrogens (tertiary/aromatic N) is 1. The average Bonchev–Trinajstić information content (AvgIpc) is 3.04. The molecule has 1 aliphatic rings. The zero-order valence-corrected chi connectivity index (χ0v) is 14.2. The third-order valence-corrected chi connectivity index (χ3v) is 5.03. The zero-order chi connectivity index (χ0) is 16.2. The zero-order valence-electron chi connectivity index (χ0n) is 13.3. The Morgan fingerprint density at radius 1 is 1.26 bits per heavy atom. The van der Waals surface area contributed by atoms with Gasteiger partial charge in [0, 0.05) is 23.7 Å². The molecule has 1 N–H and O–H groups in total. The van der Waals surface area contributed by atoms with Crippen LogP contribution in [0, 0.1) is 13.8 Å². The highest BCUT2D eigenvalue weighted by Crippen LogP contribution is 2.23. The van der Waals surface area contributed by atoms with Crippen molar-refractivity contribution in [2.75, 3.05) is 16.8 Å². The van der Waals surface area contributed by atoms with E-state index in [1.165, 1.54) is 0 Å². The maximum atomic E-state index is 12.4. The molecule has 1 fully saturated rings. The average molecular weight is 328 g/mol. The smallest absolute Gasteiger partial charge is 0.257 e. The first-order valence-corrected chi connectivity index (χ1v) is 8.87. The molecule has 1 unspecified atom stereocenters. The standard InChI is InChI=1S/C18H20N2O2S/c1-12-4-3-5-13(2)17(12)20-18(21)14-6-7-16(19-10-14)22-15-8-9-23-11-15/h3-7,10,15H,8-9,11H2,1-2H3,(H,20,21). The van der Waals surface area contributed by atoms with Crippen molar-refractivity contribution in [2.24, 2.45) is 0 Å². The van der Waals surface area contributed by atoms with Gasteiger partial charge in [-0.05, 0) is 43.2 Å². The predicted octanol–water partition coefficient (Wildman–Crippen LogP) is 3.84. The summed E-state index contributed by atoms with van der Waals surface area (Å²) in [5.41, 5.74) is 3.48. The predicted molar refractivity (Wildman–Crippen MR) is 94.5 cm³/mol. The minimum Gasteiger partial charge on any atom is -0.473 e. The van der Waals surface area contributed by atoms with Crippen LogP contribution >= 0.6 is 11.8 Å². The van der Waals surface area contributed by atoms with Crippen LogP contribution in [0.2, 0.25) is 0 Å². The summed E-state index contributed by atoms with van der Waals surface area (Å²) >= 11 is 1.90. The SMILES string of the molecule is Cc1cccc(C)c1NC(=O)c1ccc(OC2CCSC2)nc1. The number of hydrogen-bond donors (Lipinski definition) is 1. The second kappa shape index (κ2) is 7.04. The van der Waals surface area contributed by atoms with E-state index in [9.17, 15) is 4.79 Å². The van der Waals surface area contributed by atoms with Crippen LogP contribution in [-0.4, -0.2) is 28.5 Å². The van der Waals surface area contributed by atoms with Gasteiger partial charge in [0.2, 0.25) is 5.88 Å². The van der Waals surface area contributed by atoms with Gasteiger partial charge in [-0.15, -0.1) is 0 Å². The van der Waals surface area contributed by atoms with E-state index in [0.29, 0.717) is 11.4 Å². The highest BCUT2D eigenvalue weighted by Gasteiger charge is 2.18. The summed E-state index contributed by atoms with van der Waals surface area (Å²) in [6, 6.07) is 9.47. The lowest BCUT2D eigenvalue weighted by Crippen LogP contribution is -2.17. The summed E-state index contributed by atoms with van der Waals surface area (Å²) in [5.74, 6) is 2.58. The number of carbonyl (C=O) groups is 1. The molecule has 5 heteroatoms. The first kappa shape index (κ1) is 15.9. The molecule has 0 saturated carbocycles. The largest absolute Gasteiger partial charge is 0.473 e. The van der Waals surface area contributed by atoms with Crippen molar-refractivity contribution in [3.8, 4) is 5.88 Å². The number of anilines is 1. The fourth-order valence-electron chi connectivity index (χ4n) is 2.56. The molecule has 2 heterocycles. The van der Waals surface area contributed by atoms with E-state index in [4.69, 9.17) is 4.74 Å². The van der Waals surface area contributed by atoms with Gasteiger partial charge in [0.1, 0.15) is 6.10 Å². The van der Waals surface area contributed by atoms with Gasteiger partial charge in [0.05, 0.1) is 5.56 Å². The number of aromatic nitrogens is 1. The van der Waals surface area contributed by atoms with Crippen molar-refractivity contribution in [2.45, 2.75) is 26.4 Å². The van der Waals surface area contributed by atoms with Gasteiger partial charge in [0.15, 0.2) is 0 Å². The third kappa shape index (κ3) is 3.85. The number of carbonyl (C=O) groups excluding carboxylic acids is 1. The van der Waals surface area contributed by atoms with Crippen LogP contribution in [0.3, 0.4) is 0 Å². The lowest BCUT2D eigenvalue weighted by atomic mass is 10.1. The minimum atomic E-state index is -0.155. The number of pyridine rings is 1. The molecule has 0 aliphatic carbocycles. The Hall–Kier alpha value is -2.01. The third-order valence-electron chi connectivity index (χ3n) is 3.89. The molecule has 2 aromatic rings. The molecule has 0 radical (unpaired) electrons. The molecule has 1 aromatic carbocycles. The monoisotopic (exact) mass is 328 g/mol. The van der Waals surface area contributed by atoms with Gasteiger partial charge in [-0.25, -0.2) is 4.98 Å². The molecule has 23 heavy (non-hydrogen) atoms. The van der Waals surface area contributed by atoms with Crippen molar-refractivity contribution >= 4 is 23.4 Å². The van der Waals surface area contributed by atoms with Crippen molar-refractivity contribution in [3.05, 3.63) is 53.2 Å². The van der Waals surface area contributed by atoms with Gasteiger partial charge < -0.3 is 10.1 Å². The van der Waals surface area contributed by atoms with E-state index >= 15 is 0 Å². The summed E-state index contributed by atoms with van der Waals surface area (Å²) in [7, 11) is 0. The van der Waals surface area contributed by atoms with Crippen molar-refractivity contribution in [1.29, 1.82) is 0 Å². The van der Waals surface area contributed by atoms with Crippen molar-refractivity contribution in [1.82, 2.24) is 4.98 Å². The van der Waals surface area contributed by atoms with E-state index in [0.717, 1.165) is 34.7 Å². The first-order valence-electron chi connectivity index (χ1n) is 7.71. The molecular weight excluding hydrogens is 308 g/mol. The van der Waals surface area contributed by atoms with E-state index < -0.39 is 0 Å². The summed E-state index contributed by atoms with van der Waals surface area (Å²) in [4.78, 5) is 16.6. The number of rotatable bonds is 4. The fourth-order valence-corrected chi connectivity index (χ4v) is 3.65. The van der Waals surface area contributed by atoms with Crippen molar-refractivity contribution in [3.63, 3.8) is 0 Å². The van der Waals surface area contributed by atoms with Crippen LogP contribution < -0.4 is 10.1 Å². The van der Waals surface area contributed by atoms with Crippen LogP contribution in [0.1, 0.15) is 27.9 Å². The normalized spacial score (nSPS) is 17.0. The fraction of sp³-hybridized carbons (Fsp3) is 0.333. The Bertz CT molecular complexity index is 674. The molecule has 1 aliphatic heterocycles. The number of ether oxygens (including phenoxy) is 1. The van der Waals surface area contributed by atoms with Gasteiger partial charge in [-0.1, -0.05) is 18.2 Å². The Morgan fingerprint density at radius 2 is 2.04 bits per heavy atom. The summed E-state index contributed by atoms with van der Waals surface area (Å²) in [6.45, 7) is 3.97. The summed E-state index contributed by atoms with van der Waals surface area (Å²) in [6.07, 6.45) is 2.86. The molecule has 1 aromatic heterocycles. The lowest BCUT2D eigenvalue weighted by molar-refractivity contribution is 0.102. The van der Waals surface area contributed by atoms with E-state index in [1.54, 1.807) is 18.3 Å². The molecule has 120 valence electrons. The van der Waals surface area contributed by atoms with Crippen molar-refractivity contribution < 1.29 is 9.53 Å². The number of para-hydroxylation sites is 1. The second-order valence-corrected chi connectivity index (χ2v) is 6.86. The molecule has 3 rings (SSSR count). The van der Waals surface area contributed by atoms with Gasteiger partial charge in [0.25, 0.3) is 5.91 Å². The summed E-state index contributed by atoms with van der Waals surface area (Å²) < 4.78 is 5.80. The molecular formula is C18H20N2O2S. The maximum absolute atomic E-state index is 12.4. The van der Waals surface area contributed by atoms with Crippen LogP contribution in [0.5, 0.6) is 5.88 Å². The number of hydrogen-bond acceptors (Lipinski definition) is 4. The Kier molecular flexibility index (Phi) is 4.86. The lowest BCUT2D eigenvalue weighted by Gasteiger charge is -2.13. The number of amides is 1. The van der Waals surface area contributed by atoms with Gasteiger partial charge in [-0.2, -0.15) is 11.8 Å². The quantitative estimate of drug-likeness (QED) is 0.926. The molecule has 1 saturated heterocycles. The number of benzene rings is 1. The van der Waals surface area contributed by atoms with Gasteiger partial charge in [-0.3, -0.25) is 4.79 Å². The molecule has 4 nitrogen and oxygen atoms in total. The second-order valence-electron chi connectivity index (χ2n) is 5.71. The van der Waals surface area contributed by atoms with Gasteiger partial charge >= 0.3 is 0 Å². The Morgan fingerprint density at radius 3 is 2.65 bits per heavy atom. The highest BCUT2D eigenvalue weighted by atomic mass is 32.2. The Balaban J connectivity index is 1.67. The molecule has 1 amide bonds. The van der Waals surface area contributed by atoms with Crippen LogP contribution in [0.4, 0.5) is 5.69 Å². The number of aryl methyl sites for hydroxylation is 2. The minimum absolute atomic E-state index is 0.155. The number of nitrogens with one attached hydrogen (secondary N) is 1. The topological polar surface area (TPSA) is 51.2 Å². The van der Waals surface area contributed by atoms with Crippen LogP contribution in [0.15, 0.2) is 36.5 Å². The first-order chi connectivity index (χ1) is 11.1. The maximum Gasteiger partial charge on any atom is 0.257 e. The van der Waals surface area contributed by atoms with E-state index in [-0.39, 0.29) is 12.0 Å². The number of thioether (sulfide) groups is 1. The van der Waals surface area contributed by atoms with Crippen LogP contribution in [0.25, 0.3) is 0 Å². The Labute approximate surface area is 140 Å². The van der Waals surface area contributed by atoms with E-state index in [1.807, 2.05) is 43.8 Å². The molecule has 0 spiro atoms. The summed E-state index contributed by atoms with van der Waals surface area (Å²) in [5, 5.41) is 2.96. The van der Waals surface area contributed by atoms with E-state index in [2.05, 4.69) is 10.3 Å². The van der Waals surface area contributed by atoms with Crippen LogP contribution in [-0.2, 0) is 0 Å².